The van der Waals surface area contributed by atoms with E-state index in [9.17, 15) is 9.18 Å². The van der Waals surface area contributed by atoms with Gasteiger partial charge in [0.05, 0.1) is 0 Å². The third-order valence-corrected chi connectivity index (χ3v) is 4.88. The molecule has 7 nitrogen and oxygen atoms in total. The molecule has 1 aliphatic heterocycles. The van der Waals surface area contributed by atoms with Crippen LogP contribution in [0.4, 0.5) is 4.39 Å². The van der Waals surface area contributed by atoms with Crippen molar-refractivity contribution < 1.29 is 9.18 Å². The first kappa shape index (κ1) is 21.2. The van der Waals surface area contributed by atoms with Gasteiger partial charge in [-0.25, -0.2) is 9.07 Å². The van der Waals surface area contributed by atoms with Crippen molar-refractivity contribution in [3.05, 3.63) is 41.5 Å². The minimum atomic E-state index is -0.569. The van der Waals surface area contributed by atoms with Gasteiger partial charge in [0.15, 0.2) is 0 Å². The quantitative estimate of drug-likeness (QED) is 0.805. The normalized spacial score (nSPS) is 18.0. The summed E-state index contributed by atoms with van der Waals surface area (Å²) < 4.78 is 15.1. The molecule has 1 fully saturated rings. The number of aromatic nitrogens is 4. The molecular formula is C18H26ClFN6O. The summed E-state index contributed by atoms with van der Waals surface area (Å²) in [4.78, 5) is 15.2. The van der Waals surface area contributed by atoms with Crippen LogP contribution in [-0.4, -0.2) is 57.7 Å². The second-order valence-corrected chi connectivity index (χ2v) is 6.87. The van der Waals surface area contributed by atoms with Crippen molar-refractivity contribution in [2.45, 2.75) is 32.2 Å². The van der Waals surface area contributed by atoms with Gasteiger partial charge in [-0.15, -0.1) is 17.5 Å². The second-order valence-electron chi connectivity index (χ2n) is 6.87. The minimum Gasteiger partial charge on any atom is -0.341 e. The van der Waals surface area contributed by atoms with Crippen molar-refractivity contribution in [2.75, 3.05) is 26.7 Å². The van der Waals surface area contributed by atoms with E-state index in [4.69, 9.17) is 0 Å². The van der Waals surface area contributed by atoms with Gasteiger partial charge in [0, 0.05) is 19.5 Å². The van der Waals surface area contributed by atoms with Crippen LogP contribution in [0, 0.1) is 18.7 Å². The molecule has 1 aromatic carbocycles. The van der Waals surface area contributed by atoms with Crippen LogP contribution in [0.2, 0.25) is 0 Å². The van der Waals surface area contributed by atoms with E-state index in [0.717, 1.165) is 38.0 Å². The Morgan fingerprint density at radius 3 is 2.93 bits per heavy atom. The first-order valence-electron chi connectivity index (χ1n) is 9.00. The number of carbonyl (C=O) groups excluding carboxylic acids is 1. The maximum Gasteiger partial charge on any atom is 0.247 e. The van der Waals surface area contributed by atoms with Crippen molar-refractivity contribution in [1.82, 2.24) is 30.4 Å². The van der Waals surface area contributed by atoms with Crippen molar-refractivity contribution in [1.29, 1.82) is 0 Å². The van der Waals surface area contributed by atoms with Crippen LogP contribution >= 0.6 is 12.4 Å². The van der Waals surface area contributed by atoms with E-state index in [-0.39, 0.29) is 24.1 Å². The van der Waals surface area contributed by atoms with Crippen molar-refractivity contribution in [3.63, 3.8) is 0 Å². The number of piperidine rings is 1. The summed E-state index contributed by atoms with van der Waals surface area (Å²) in [6.07, 6.45) is 2.46. The van der Waals surface area contributed by atoms with Gasteiger partial charge in [-0.3, -0.25) is 4.79 Å². The van der Waals surface area contributed by atoms with E-state index in [1.54, 1.807) is 17.7 Å². The van der Waals surface area contributed by atoms with E-state index in [1.807, 2.05) is 18.0 Å². The molecule has 2 atom stereocenters. The summed E-state index contributed by atoms with van der Waals surface area (Å²) in [5, 5.41) is 14.8. The average Bonchev–Trinajstić information content (AvgIpc) is 3.05. The van der Waals surface area contributed by atoms with Crippen molar-refractivity contribution in [2.24, 2.45) is 5.92 Å². The Bertz CT molecular complexity index is 753. The Kier molecular flexibility index (Phi) is 7.67. The van der Waals surface area contributed by atoms with Gasteiger partial charge in [0.2, 0.25) is 5.91 Å². The lowest BCUT2D eigenvalue weighted by Crippen LogP contribution is -2.46. The van der Waals surface area contributed by atoms with E-state index < -0.39 is 6.04 Å². The number of benzene rings is 1. The monoisotopic (exact) mass is 396 g/mol. The average molecular weight is 397 g/mol. The highest BCUT2D eigenvalue weighted by Crippen LogP contribution is 2.23. The zero-order chi connectivity index (χ0) is 18.5. The highest BCUT2D eigenvalue weighted by Gasteiger charge is 2.31. The topological polar surface area (TPSA) is 75.9 Å². The van der Waals surface area contributed by atoms with E-state index >= 15 is 0 Å². The molecule has 1 aliphatic rings. The van der Waals surface area contributed by atoms with Crippen LogP contribution in [0.1, 0.15) is 30.3 Å². The summed E-state index contributed by atoms with van der Waals surface area (Å²) in [6.45, 7) is 4.12. The van der Waals surface area contributed by atoms with E-state index in [0.29, 0.717) is 18.2 Å². The van der Waals surface area contributed by atoms with Gasteiger partial charge in [0.1, 0.15) is 17.7 Å². The van der Waals surface area contributed by atoms with Crippen LogP contribution in [0.15, 0.2) is 24.3 Å². The predicted octanol–water partition coefficient (Wildman–Crippen LogP) is 1.78. The Morgan fingerprint density at radius 2 is 2.26 bits per heavy atom. The molecule has 3 rings (SSSR count). The number of hydrogen-bond acceptors (Lipinski definition) is 5. The third kappa shape index (κ3) is 5.23. The molecule has 0 saturated carbocycles. The lowest BCUT2D eigenvalue weighted by molar-refractivity contribution is -0.137. The van der Waals surface area contributed by atoms with Gasteiger partial charge < -0.3 is 10.2 Å². The van der Waals surface area contributed by atoms with Crippen LogP contribution in [0.25, 0.3) is 0 Å². The summed E-state index contributed by atoms with van der Waals surface area (Å²) in [7, 11) is 1.93. The van der Waals surface area contributed by atoms with Gasteiger partial charge in [-0.1, -0.05) is 12.1 Å². The highest BCUT2D eigenvalue weighted by molar-refractivity contribution is 5.85. The fourth-order valence-corrected chi connectivity index (χ4v) is 3.62. The molecule has 2 heterocycles. The molecule has 1 aromatic heterocycles. The van der Waals surface area contributed by atoms with Crippen LogP contribution in [0.3, 0.4) is 0 Å². The van der Waals surface area contributed by atoms with Gasteiger partial charge in [-0.2, -0.15) is 0 Å². The molecule has 0 bridgehead atoms. The largest absolute Gasteiger partial charge is 0.341 e. The Labute approximate surface area is 164 Å². The third-order valence-electron chi connectivity index (χ3n) is 4.88. The van der Waals surface area contributed by atoms with Crippen LogP contribution in [-0.2, 0) is 11.2 Å². The molecule has 1 saturated heterocycles. The zero-order valence-electron chi connectivity index (χ0n) is 15.6. The smallest absolute Gasteiger partial charge is 0.247 e. The number of carbonyl (C=O) groups is 1. The molecule has 2 unspecified atom stereocenters. The first-order chi connectivity index (χ1) is 12.6. The molecule has 1 amide bonds. The lowest BCUT2D eigenvalue weighted by atomic mass is 9.96. The summed E-state index contributed by atoms with van der Waals surface area (Å²) in [5.41, 5.74) is 0.752. The zero-order valence-corrected chi connectivity index (χ0v) is 16.5. The van der Waals surface area contributed by atoms with Crippen LogP contribution < -0.4 is 5.32 Å². The Balaban J connectivity index is 0.00000261. The number of nitrogens with zero attached hydrogens (tertiary/aromatic N) is 5. The maximum atomic E-state index is 13.6. The Hall–Kier alpha value is -2.06. The standard InChI is InChI=1S/C18H25FN6O.ClH/c1-13-21-22-23-25(13)17(10-14-5-3-7-16(19)9-14)18(26)24-8-4-6-15(12-24)11-20-2;/h3,5,7,9,15,17,20H,4,6,8,10-12H2,1-2H3;1H. The summed E-state index contributed by atoms with van der Waals surface area (Å²) >= 11 is 0. The number of nitrogens with one attached hydrogen (secondary N) is 1. The van der Waals surface area contributed by atoms with Crippen molar-refractivity contribution in [3.8, 4) is 0 Å². The Morgan fingerprint density at radius 1 is 1.44 bits per heavy atom. The highest BCUT2D eigenvalue weighted by atomic mass is 35.5. The number of amides is 1. The number of tetrazole rings is 1. The number of hydrogen-bond donors (Lipinski definition) is 1. The lowest BCUT2D eigenvalue weighted by Gasteiger charge is -2.35. The molecule has 0 aliphatic carbocycles. The molecule has 148 valence electrons. The molecule has 0 radical (unpaired) electrons. The van der Waals surface area contributed by atoms with Gasteiger partial charge in [0.25, 0.3) is 0 Å². The SMILES string of the molecule is CNCC1CCCN(C(=O)C(Cc2cccc(F)c2)n2nnnc2C)C1.Cl. The van der Waals surface area contributed by atoms with E-state index in [2.05, 4.69) is 20.8 Å². The molecule has 2 aromatic rings. The minimum absolute atomic E-state index is 0. The first-order valence-corrected chi connectivity index (χ1v) is 9.00. The number of halogens is 2. The molecular weight excluding hydrogens is 371 g/mol. The second kappa shape index (κ2) is 9.75. The molecule has 9 heteroatoms. The fourth-order valence-electron chi connectivity index (χ4n) is 3.62. The van der Waals surface area contributed by atoms with E-state index in [1.165, 1.54) is 12.1 Å². The van der Waals surface area contributed by atoms with Crippen LogP contribution in [0.5, 0.6) is 0 Å². The summed E-state index contributed by atoms with van der Waals surface area (Å²) in [5.74, 6) is 0.700. The molecule has 0 spiro atoms. The number of likely N-dealkylation sites (tertiary alicyclic amines) is 1. The number of aryl methyl sites for hydroxylation is 1. The maximum absolute atomic E-state index is 13.6. The fraction of sp³-hybridized carbons (Fsp3) is 0.556. The predicted molar refractivity (Wildman–Crippen MR) is 102 cm³/mol. The molecule has 1 N–H and O–H groups in total. The number of rotatable bonds is 6. The van der Waals surface area contributed by atoms with Gasteiger partial charge in [-0.05, 0) is 67.4 Å². The summed E-state index contributed by atoms with van der Waals surface area (Å²) in [6, 6.07) is 5.77. The van der Waals surface area contributed by atoms with Gasteiger partial charge >= 0.3 is 0 Å². The van der Waals surface area contributed by atoms with Crippen molar-refractivity contribution >= 4 is 18.3 Å². The molecule has 27 heavy (non-hydrogen) atoms.